The zero-order valence-corrected chi connectivity index (χ0v) is 55.0. The van der Waals surface area contributed by atoms with Gasteiger partial charge < -0.3 is 40.3 Å². The molecule has 9 heteroatoms. The number of rotatable bonds is 60. The van der Waals surface area contributed by atoms with Crippen LogP contribution in [0, 0.1) is 0 Å². The van der Waals surface area contributed by atoms with Gasteiger partial charge >= 0.3 is 0 Å². The van der Waals surface area contributed by atoms with Crippen molar-refractivity contribution >= 4 is 5.91 Å². The lowest BCUT2D eigenvalue weighted by molar-refractivity contribution is -0.302. The largest absolute Gasteiger partial charge is 0.394 e. The van der Waals surface area contributed by atoms with Crippen LogP contribution in [0.15, 0.2) is 134 Å². The van der Waals surface area contributed by atoms with Crippen LogP contribution < -0.4 is 5.32 Å². The van der Waals surface area contributed by atoms with E-state index in [1.807, 2.05) is 6.08 Å². The number of hydrogen-bond acceptors (Lipinski definition) is 8. The molecule has 1 fully saturated rings. The van der Waals surface area contributed by atoms with Crippen LogP contribution in [0.25, 0.3) is 0 Å². The van der Waals surface area contributed by atoms with E-state index in [-0.39, 0.29) is 12.5 Å². The van der Waals surface area contributed by atoms with E-state index in [2.05, 4.69) is 141 Å². The van der Waals surface area contributed by atoms with Crippen molar-refractivity contribution in [2.75, 3.05) is 13.2 Å². The first-order valence-corrected chi connectivity index (χ1v) is 35.4. The molecule has 0 spiro atoms. The third-order valence-corrected chi connectivity index (χ3v) is 15.9. The maximum Gasteiger partial charge on any atom is 0.220 e. The molecule has 0 aromatic rings. The van der Waals surface area contributed by atoms with Crippen LogP contribution in [0.4, 0.5) is 0 Å². The third kappa shape index (κ3) is 52.3. The van der Waals surface area contributed by atoms with Crippen LogP contribution in [0.2, 0.25) is 0 Å². The lowest BCUT2D eigenvalue weighted by Gasteiger charge is -2.40. The number of unbranched alkanes of at least 4 members (excludes halogenated alkanes) is 30. The van der Waals surface area contributed by atoms with E-state index in [0.717, 1.165) is 96.3 Å². The van der Waals surface area contributed by atoms with Crippen LogP contribution in [0.5, 0.6) is 0 Å². The predicted molar refractivity (Wildman–Crippen MR) is 368 cm³/mol. The van der Waals surface area contributed by atoms with Crippen LogP contribution in [-0.2, 0) is 14.3 Å². The molecule has 0 aromatic carbocycles. The summed E-state index contributed by atoms with van der Waals surface area (Å²) in [6, 6.07) is -0.838. The fourth-order valence-electron chi connectivity index (χ4n) is 10.4. The zero-order valence-electron chi connectivity index (χ0n) is 55.0. The first-order valence-electron chi connectivity index (χ1n) is 35.4. The molecule has 1 saturated heterocycles. The summed E-state index contributed by atoms with van der Waals surface area (Å²) in [5, 5.41) is 54.7. The first kappa shape index (κ1) is 80.3. The molecule has 1 rings (SSSR count). The first-order chi connectivity index (χ1) is 42.3. The summed E-state index contributed by atoms with van der Waals surface area (Å²) in [6.45, 7) is 3.66. The van der Waals surface area contributed by atoms with Gasteiger partial charge in [-0.25, -0.2) is 0 Å². The topological polar surface area (TPSA) is 149 Å². The van der Waals surface area contributed by atoms with Crippen molar-refractivity contribution in [3.63, 3.8) is 0 Å². The molecule has 6 N–H and O–H groups in total. The van der Waals surface area contributed by atoms with Crippen molar-refractivity contribution < 1.29 is 39.8 Å². The summed E-state index contributed by atoms with van der Waals surface area (Å²) in [7, 11) is 0. The smallest absolute Gasteiger partial charge is 0.220 e. The Morgan fingerprint density at radius 1 is 0.407 bits per heavy atom. The highest BCUT2D eigenvalue weighted by molar-refractivity contribution is 5.76. The molecular formula is C77H131NO8. The van der Waals surface area contributed by atoms with Gasteiger partial charge in [0.2, 0.25) is 5.91 Å². The molecular weight excluding hydrogens is 1070 g/mol. The molecule has 1 aliphatic heterocycles. The minimum absolute atomic E-state index is 0.194. The van der Waals surface area contributed by atoms with Gasteiger partial charge in [-0.05, 0) is 109 Å². The van der Waals surface area contributed by atoms with Crippen molar-refractivity contribution in [1.29, 1.82) is 0 Å². The SMILES string of the molecule is CC/C=C\C/C=C\C/C=C\C/C=C\C/C=C\C/C=C\C/C=C\C/C=C\CCCCCCCCCCCCCCCCC(=O)NC(COC1OC(CO)C(O)C(O)C1O)C(O)/C=C/CC/C=C/CC/C=C/CCCCCCCCCCCCCCCC. The van der Waals surface area contributed by atoms with E-state index in [1.165, 1.54) is 173 Å². The van der Waals surface area contributed by atoms with Crippen LogP contribution >= 0.6 is 0 Å². The third-order valence-electron chi connectivity index (χ3n) is 15.9. The summed E-state index contributed by atoms with van der Waals surface area (Å²) >= 11 is 0. The van der Waals surface area contributed by atoms with E-state index in [9.17, 15) is 30.3 Å². The second kappa shape index (κ2) is 64.3. The zero-order chi connectivity index (χ0) is 62.1. The van der Waals surface area contributed by atoms with Crippen LogP contribution in [-0.4, -0.2) is 87.5 Å². The number of aliphatic hydroxyl groups is 5. The summed E-state index contributed by atoms with van der Waals surface area (Å²) in [5.41, 5.74) is 0. The summed E-state index contributed by atoms with van der Waals surface area (Å²) in [4.78, 5) is 13.1. The molecule has 9 nitrogen and oxygen atoms in total. The number of nitrogens with one attached hydrogen (secondary N) is 1. The van der Waals surface area contributed by atoms with Crippen LogP contribution in [0.1, 0.15) is 290 Å². The van der Waals surface area contributed by atoms with Gasteiger partial charge in [-0.15, -0.1) is 0 Å². The lowest BCUT2D eigenvalue weighted by atomic mass is 9.99. The Hall–Kier alpha value is -3.67. The number of amides is 1. The Labute approximate surface area is 528 Å². The molecule has 7 atom stereocenters. The summed E-state index contributed by atoms with van der Waals surface area (Å²) in [6.07, 6.45) is 91.2. The molecule has 7 unspecified atom stereocenters. The van der Waals surface area contributed by atoms with Gasteiger partial charge in [0.25, 0.3) is 0 Å². The normalized spacial score (nSPS) is 18.9. The monoisotopic (exact) mass is 1200 g/mol. The molecule has 0 bridgehead atoms. The highest BCUT2D eigenvalue weighted by atomic mass is 16.7. The number of carbonyl (C=O) groups is 1. The molecule has 0 radical (unpaired) electrons. The average Bonchev–Trinajstić information content (AvgIpc) is 3.55. The van der Waals surface area contributed by atoms with Crippen molar-refractivity contribution in [3.8, 4) is 0 Å². The Bertz CT molecular complexity index is 1820. The van der Waals surface area contributed by atoms with E-state index in [0.29, 0.717) is 6.42 Å². The van der Waals surface area contributed by atoms with E-state index >= 15 is 0 Å². The Morgan fingerprint density at radius 3 is 1.12 bits per heavy atom. The van der Waals surface area contributed by atoms with Gasteiger partial charge in [0.05, 0.1) is 25.4 Å². The van der Waals surface area contributed by atoms with Crippen molar-refractivity contribution in [2.45, 2.75) is 333 Å². The Kier molecular flexibility index (Phi) is 60.1. The lowest BCUT2D eigenvalue weighted by Crippen LogP contribution is -2.60. The minimum atomic E-state index is -1.58. The number of hydrogen-bond donors (Lipinski definition) is 6. The molecule has 492 valence electrons. The van der Waals surface area contributed by atoms with E-state index < -0.39 is 49.5 Å². The maximum absolute atomic E-state index is 13.1. The van der Waals surface area contributed by atoms with Crippen molar-refractivity contribution in [3.05, 3.63) is 134 Å². The second-order valence-corrected chi connectivity index (χ2v) is 23.9. The summed E-state index contributed by atoms with van der Waals surface area (Å²) < 4.78 is 11.3. The van der Waals surface area contributed by atoms with Crippen molar-refractivity contribution in [2.24, 2.45) is 0 Å². The highest BCUT2D eigenvalue weighted by Crippen LogP contribution is 2.23. The Balaban J connectivity index is 2.15. The summed E-state index contributed by atoms with van der Waals surface area (Å²) in [5.74, 6) is -0.194. The highest BCUT2D eigenvalue weighted by Gasteiger charge is 2.44. The second-order valence-electron chi connectivity index (χ2n) is 23.9. The Morgan fingerprint density at radius 2 is 0.733 bits per heavy atom. The van der Waals surface area contributed by atoms with Gasteiger partial charge in [-0.3, -0.25) is 4.79 Å². The number of ether oxygens (including phenoxy) is 2. The number of aliphatic hydroxyl groups excluding tert-OH is 5. The van der Waals surface area contributed by atoms with Gasteiger partial charge in [0.15, 0.2) is 6.29 Å². The molecule has 1 aliphatic rings. The van der Waals surface area contributed by atoms with Gasteiger partial charge in [0, 0.05) is 6.42 Å². The quantitative estimate of drug-likeness (QED) is 0.0261. The minimum Gasteiger partial charge on any atom is -0.394 e. The molecule has 0 aliphatic carbocycles. The average molecular weight is 1200 g/mol. The molecule has 0 aromatic heterocycles. The standard InChI is InChI=1S/C77H131NO8/c1-3-5-7-9-11-13-15-17-19-21-23-25-27-29-30-31-32-33-34-35-36-37-38-39-40-41-42-43-45-47-49-51-53-55-57-59-61-63-65-67-73(81)78-70(69-85-77-76(84)75(83)74(82)72(68-79)86-77)71(80)66-64-62-60-58-56-54-52-50-48-46-44-28-26-24-22-20-18-16-14-12-10-8-6-4-2/h5,7,11,13,17,19,23,25,29-30,32-33,35-36,38-39,48,50,56,58,64,66,70-72,74-77,79-80,82-84H,3-4,6,8-10,12,14-16,18,20-22,24,26-28,31,34,37,40-47,49,51-55,57,59-63,65,67-69H2,1-2H3,(H,78,81)/b7-5-,13-11-,19-17-,25-23-,30-29-,33-32-,36-35-,39-38-,50-48+,58-56+,66-64+. The fraction of sp³-hybridized carbons (Fsp3) is 0.701. The van der Waals surface area contributed by atoms with Gasteiger partial charge in [-0.1, -0.05) is 308 Å². The predicted octanol–water partition coefficient (Wildman–Crippen LogP) is 19.6. The van der Waals surface area contributed by atoms with Gasteiger partial charge in [-0.2, -0.15) is 0 Å². The number of allylic oxidation sites excluding steroid dienone is 21. The molecule has 1 heterocycles. The number of carbonyl (C=O) groups excluding carboxylic acids is 1. The van der Waals surface area contributed by atoms with E-state index in [1.54, 1.807) is 6.08 Å². The molecule has 86 heavy (non-hydrogen) atoms. The van der Waals surface area contributed by atoms with Gasteiger partial charge in [0.1, 0.15) is 24.4 Å². The fourth-order valence-corrected chi connectivity index (χ4v) is 10.4. The van der Waals surface area contributed by atoms with Crippen LogP contribution in [0.3, 0.4) is 0 Å². The maximum atomic E-state index is 13.1. The van der Waals surface area contributed by atoms with E-state index in [4.69, 9.17) is 9.47 Å². The van der Waals surface area contributed by atoms with Crippen molar-refractivity contribution in [1.82, 2.24) is 5.32 Å². The molecule has 1 amide bonds. The molecule has 0 saturated carbocycles.